The molecule has 23 heavy (non-hydrogen) atoms. The van der Waals surface area contributed by atoms with Gasteiger partial charge in [0, 0.05) is 12.6 Å². The number of nitrogens with two attached hydrogens (primary N) is 1. The van der Waals surface area contributed by atoms with E-state index >= 15 is 0 Å². The van der Waals surface area contributed by atoms with Crippen molar-refractivity contribution < 1.29 is 12.8 Å². The Labute approximate surface area is 136 Å². The van der Waals surface area contributed by atoms with Crippen molar-refractivity contribution in [2.45, 2.75) is 31.3 Å². The van der Waals surface area contributed by atoms with E-state index < -0.39 is 10.0 Å². The first-order chi connectivity index (χ1) is 10.7. The number of primary sulfonamides is 1. The molecule has 0 amide bonds. The lowest BCUT2D eigenvalue weighted by atomic mass is 10.0. The van der Waals surface area contributed by atoms with E-state index in [1.807, 2.05) is 20.9 Å². The second kappa shape index (κ2) is 6.78. The minimum atomic E-state index is -3.68. The zero-order valence-electron chi connectivity index (χ0n) is 13.5. The van der Waals surface area contributed by atoms with E-state index in [1.165, 1.54) is 18.2 Å². The summed E-state index contributed by atoms with van der Waals surface area (Å²) in [5, 5.41) is 5.10. The van der Waals surface area contributed by atoms with Crippen molar-refractivity contribution in [2.75, 3.05) is 7.05 Å². The molecular formula is C17H21FN2O2S. The number of sulfonamides is 1. The van der Waals surface area contributed by atoms with Gasteiger partial charge in [0.15, 0.2) is 0 Å². The van der Waals surface area contributed by atoms with Gasteiger partial charge >= 0.3 is 0 Å². The van der Waals surface area contributed by atoms with Crippen LogP contribution in [0.15, 0.2) is 47.4 Å². The molecule has 0 radical (unpaired) electrons. The minimum absolute atomic E-state index is 0.0483. The van der Waals surface area contributed by atoms with Crippen molar-refractivity contribution >= 4 is 10.0 Å². The lowest BCUT2D eigenvalue weighted by molar-refractivity contribution is 0.252. The standard InChI is InChI=1S/C17H21FN2O2S/c1-12-4-7-16(18)10-15(12)11-20(3)13(2)14-5-8-17(9-6-14)23(19,21)22/h4-10,13H,11H2,1-3H3,(H2,19,21,22)/t13-/m0/s1. The topological polar surface area (TPSA) is 63.4 Å². The van der Waals surface area contributed by atoms with Crippen molar-refractivity contribution in [1.29, 1.82) is 0 Å². The van der Waals surface area contributed by atoms with Crippen LogP contribution in [0.4, 0.5) is 4.39 Å². The maximum Gasteiger partial charge on any atom is 0.238 e. The molecule has 0 aliphatic rings. The van der Waals surface area contributed by atoms with Crippen molar-refractivity contribution in [3.8, 4) is 0 Å². The first-order valence-corrected chi connectivity index (χ1v) is 8.81. The Balaban J connectivity index is 2.16. The predicted octanol–water partition coefficient (Wildman–Crippen LogP) is 2.97. The highest BCUT2D eigenvalue weighted by Gasteiger charge is 2.15. The molecule has 2 N–H and O–H groups in total. The van der Waals surface area contributed by atoms with Crippen LogP contribution in [0, 0.1) is 12.7 Å². The van der Waals surface area contributed by atoms with E-state index in [0.29, 0.717) is 6.54 Å². The fourth-order valence-corrected chi connectivity index (χ4v) is 2.92. The van der Waals surface area contributed by atoms with Gasteiger partial charge in [0.25, 0.3) is 0 Å². The van der Waals surface area contributed by atoms with Crippen LogP contribution in [0.25, 0.3) is 0 Å². The Morgan fingerprint density at radius 3 is 2.35 bits per heavy atom. The first kappa shape index (κ1) is 17.6. The quantitative estimate of drug-likeness (QED) is 0.913. The van der Waals surface area contributed by atoms with Gasteiger partial charge in [-0.05, 0) is 61.9 Å². The summed E-state index contributed by atoms with van der Waals surface area (Å²) in [6.07, 6.45) is 0. The van der Waals surface area contributed by atoms with E-state index in [9.17, 15) is 12.8 Å². The van der Waals surface area contributed by atoms with Gasteiger partial charge in [-0.2, -0.15) is 0 Å². The average molecular weight is 336 g/mol. The maximum atomic E-state index is 13.4. The molecule has 0 unspecified atom stereocenters. The van der Waals surface area contributed by atoms with Crippen LogP contribution in [-0.2, 0) is 16.6 Å². The predicted molar refractivity (Wildman–Crippen MR) is 88.8 cm³/mol. The van der Waals surface area contributed by atoms with Crippen LogP contribution in [-0.4, -0.2) is 20.4 Å². The van der Waals surface area contributed by atoms with E-state index in [-0.39, 0.29) is 16.8 Å². The van der Waals surface area contributed by atoms with E-state index in [1.54, 1.807) is 24.3 Å². The summed E-state index contributed by atoms with van der Waals surface area (Å²) in [6.45, 7) is 4.57. The van der Waals surface area contributed by atoms with Crippen molar-refractivity contribution in [3.63, 3.8) is 0 Å². The van der Waals surface area contributed by atoms with E-state index in [2.05, 4.69) is 4.90 Å². The van der Waals surface area contributed by atoms with Gasteiger partial charge in [-0.25, -0.2) is 17.9 Å². The molecule has 0 fully saturated rings. The molecule has 4 nitrogen and oxygen atoms in total. The molecule has 0 bridgehead atoms. The van der Waals surface area contributed by atoms with Crippen molar-refractivity contribution in [3.05, 3.63) is 65.0 Å². The number of benzene rings is 2. The van der Waals surface area contributed by atoms with Gasteiger partial charge in [-0.1, -0.05) is 18.2 Å². The summed E-state index contributed by atoms with van der Waals surface area (Å²) in [7, 11) is -1.73. The fraction of sp³-hybridized carbons (Fsp3) is 0.294. The van der Waals surface area contributed by atoms with E-state index in [0.717, 1.165) is 16.7 Å². The Kier molecular flexibility index (Phi) is 5.19. The first-order valence-electron chi connectivity index (χ1n) is 7.26. The monoisotopic (exact) mass is 336 g/mol. The summed E-state index contributed by atoms with van der Waals surface area (Å²) >= 11 is 0. The average Bonchev–Trinajstić information content (AvgIpc) is 2.49. The van der Waals surface area contributed by atoms with Crippen LogP contribution in [0.1, 0.15) is 29.7 Å². The third-order valence-corrected chi connectivity index (χ3v) is 5.01. The maximum absolute atomic E-state index is 13.4. The molecule has 0 aromatic heterocycles. The molecule has 0 heterocycles. The number of nitrogens with zero attached hydrogens (tertiary/aromatic N) is 1. The number of hydrogen-bond acceptors (Lipinski definition) is 3. The van der Waals surface area contributed by atoms with Gasteiger partial charge in [-0.15, -0.1) is 0 Å². The second-order valence-electron chi connectivity index (χ2n) is 5.78. The number of rotatable bonds is 5. The molecule has 2 rings (SSSR count). The van der Waals surface area contributed by atoms with Gasteiger partial charge < -0.3 is 0 Å². The molecule has 0 saturated carbocycles. The molecule has 0 aliphatic heterocycles. The van der Waals surface area contributed by atoms with E-state index in [4.69, 9.17) is 5.14 Å². The normalized spacial score (nSPS) is 13.3. The third kappa shape index (κ3) is 4.37. The molecule has 124 valence electrons. The smallest absolute Gasteiger partial charge is 0.238 e. The number of hydrogen-bond donors (Lipinski definition) is 1. The summed E-state index contributed by atoms with van der Waals surface area (Å²) in [6, 6.07) is 11.3. The zero-order chi connectivity index (χ0) is 17.2. The van der Waals surface area contributed by atoms with Gasteiger partial charge in [-0.3, -0.25) is 4.90 Å². The molecule has 2 aromatic carbocycles. The Bertz CT molecular complexity index is 789. The minimum Gasteiger partial charge on any atom is -0.295 e. The van der Waals surface area contributed by atoms with Crippen LogP contribution < -0.4 is 5.14 Å². The van der Waals surface area contributed by atoms with Gasteiger partial charge in [0.1, 0.15) is 5.82 Å². The van der Waals surface area contributed by atoms with Crippen LogP contribution >= 0.6 is 0 Å². The molecule has 0 spiro atoms. The highest BCUT2D eigenvalue weighted by Crippen LogP contribution is 2.23. The fourth-order valence-electron chi connectivity index (χ4n) is 2.41. The Morgan fingerprint density at radius 2 is 1.78 bits per heavy atom. The Hall–Kier alpha value is -1.76. The summed E-state index contributed by atoms with van der Waals surface area (Å²) in [5.74, 6) is -0.246. The highest BCUT2D eigenvalue weighted by atomic mass is 32.2. The van der Waals surface area contributed by atoms with Crippen molar-refractivity contribution in [1.82, 2.24) is 4.90 Å². The highest BCUT2D eigenvalue weighted by molar-refractivity contribution is 7.89. The summed E-state index contributed by atoms with van der Waals surface area (Å²) in [5.41, 5.74) is 2.93. The lowest BCUT2D eigenvalue weighted by Crippen LogP contribution is -2.22. The van der Waals surface area contributed by atoms with Crippen LogP contribution in [0.5, 0.6) is 0 Å². The van der Waals surface area contributed by atoms with Gasteiger partial charge in [0.05, 0.1) is 4.90 Å². The van der Waals surface area contributed by atoms with Gasteiger partial charge in [0.2, 0.25) is 10.0 Å². The molecule has 1 atom stereocenters. The molecule has 0 aliphatic carbocycles. The van der Waals surface area contributed by atoms with Crippen molar-refractivity contribution in [2.24, 2.45) is 5.14 Å². The number of halogens is 1. The Morgan fingerprint density at radius 1 is 1.17 bits per heavy atom. The number of aryl methyl sites for hydroxylation is 1. The molecule has 0 saturated heterocycles. The van der Waals surface area contributed by atoms with Crippen LogP contribution in [0.2, 0.25) is 0 Å². The molecule has 6 heteroatoms. The largest absolute Gasteiger partial charge is 0.295 e. The van der Waals surface area contributed by atoms with Crippen LogP contribution in [0.3, 0.4) is 0 Å². The summed E-state index contributed by atoms with van der Waals surface area (Å²) < 4.78 is 36.0. The third-order valence-electron chi connectivity index (χ3n) is 4.08. The molecule has 2 aromatic rings. The lowest BCUT2D eigenvalue weighted by Gasteiger charge is -2.26. The molecular weight excluding hydrogens is 315 g/mol. The SMILES string of the molecule is Cc1ccc(F)cc1CN(C)[C@@H](C)c1ccc(S(N)(=O)=O)cc1. The zero-order valence-corrected chi connectivity index (χ0v) is 14.3. The summed E-state index contributed by atoms with van der Waals surface area (Å²) in [4.78, 5) is 2.17. The second-order valence-corrected chi connectivity index (χ2v) is 7.34.